The Labute approximate surface area is 149 Å². The van der Waals surface area contributed by atoms with Gasteiger partial charge in [0.15, 0.2) is 5.75 Å². The topological polar surface area (TPSA) is 101 Å². The van der Waals surface area contributed by atoms with Crippen molar-refractivity contribution in [2.24, 2.45) is 0 Å². The van der Waals surface area contributed by atoms with Gasteiger partial charge < -0.3 is 4.74 Å². The highest BCUT2D eigenvalue weighted by Crippen LogP contribution is 2.36. The smallest absolute Gasteiger partial charge is 0.311 e. The lowest BCUT2D eigenvalue weighted by molar-refractivity contribution is -0.134. The fraction of sp³-hybridized carbons (Fsp3) is 0.278. The van der Waals surface area contributed by atoms with Gasteiger partial charge in [-0.15, -0.1) is 0 Å². The Hall–Kier alpha value is -3.29. The predicted molar refractivity (Wildman–Crippen MR) is 90.3 cm³/mol. The Balaban J connectivity index is 2.03. The summed E-state index contributed by atoms with van der Waals surface area (Å²) in [5.74, 6) is -2.40. The number of ether oxygens (including phenoxy) is 1. The molecule has 8 nitrogen and oxygen atoms in total. The van der Waals surface area contributed by atoms with Crippen molar-refractivity contribution in [1.82, 2.24) is 0 Å². The van der Waals surface area contributed by atoms with Crippen molar-refractivity contribution in [3.8, 4) is 5.75 Å². The van der Waals surface area contributed by atoms with Crippen molar-refractivity contribution in [2.45, 2.75) is 32.6 Å². The van der Waals surface area contributed by atoms with E-state index in [4.69, 9.17) is 4.74 Å². The van der Waals surface area contributed by atoms with Crippen molar-refractivity contribution in [1.29, 1.82) is 0 Å². The number of amides is 4. The number of hydrogen-bond acceptors (Lipinski definition) is 6. The van der Waals surface area contributed by atoms with Crippen LogP contribution >= 0.6 is 0 Å². The summed E-state index contributed by atoms with van der Waals surface area (Å²) >= 11 is 0. The predicted octanol–water partition coefficient (Wildman–Crippen LogP) is 1.47. The number of carbonyl (C=O) groups is 5. The van der Waals surface area contributed by atoms with Crippen LogP contribution in [0.3, 0.4) is 0 Å². The maximum Gasteiger partial charge on any atom is 0.311 e. The Morgan fingerprint density at radius 1 is 1.00 bits per heavy atom. The van der Waals surface area contributed by atoms with Gasteiger partial charge in [-0.05, 0) is 24.6 Å². The van der Waals surface area contributed by atoms with Crippen molar-refractivity contribution in [3.63, 3.8) is 0 Å². The molecule has 1 fully saturated rings. The van der Waals surface area contributed by atoms with Gasteiger partial charge in [-0.3, -0.25) is 24.0 Å². The van der Waals surface area contributed by atoms with Crippen molar-refractivity contribution >= 4 is 41.0 Å². The second-order valence-corrected chi connectivity index (χ2v) is 5.84. The van der Waals surface area contributed by atoms with Gasteiger partial charge in [-0.2, -0.15) is 0 Å². The molecule has 0 spiro atoms. The zero-order valence-corrected chi connectivity index (χ0v) is 14.1. The van der Waals surface area contributed by atoms with Gasteiger partial charge in [-0.25, -0.2) is 9.80 Å². The summed E-state index contributed by atoms with van der Waals surface area (Å²) in [6.45, 7) is 1.82. The molecule has 1 saturated heterocycles. The lowest BCUT2D eigenvalue weighted by Gasteiger charge is -2.21. The molecule has 8 heteroatoms. The number of hydrogen-bond donors (Lipinski definition) is 0. The van der Waals surface area contributed by atoms with Gasteiger partial charge in [-0.1, -0.05) is 6.92 Å². The van der Waals surface area contributed by atoms with Crippen molar-refractivity contribution in [3.05, 3.63) is 30.4 Å². The lowest BCUT2D eigenvalue weighted by Crippen LogP contribution is -2.32. The molecule has 0 aromatic heterocycles. The molecule has 26 heavy (non-hydrogen) atoms. The zero-order valence-electron chi connectivity index (χ0n) is 14.1. The van der Waals surface area contributed by atoms with Gasteiger partial charge in [0.2, 0.25) is 11.8 Å². The number of esters is 1. The highest BCUT2D eigenvalue weighted by atomic mass is 16.5. The first-order valence-corrected chi connectivity index (χ1v) is 8.19. The molecule has 0 bridgehead atoms. The standard InChI is InChI=1S/C18H16N2O6/c1-2-3-18(25)26-13-5-4-11(19-14(21)6-7-15(19)22)10-12(13)20-16(23)8-9-17(20)24/h4-7,10H,2-3,8-9H2,1H3. The van der Waals surface area contributed by atoms with Crippen LogP contribution in [0.1, 0.15) is 32.6 Å². The number of anilines is 2. The highest BCUT2D eigenvalue weighted by molar-refractivity contribution is 6.28. The summed E-state index contributed by atoms with van der Waals surface area (Å²) < 4.78 is 5.28. The van der Waals surface area contributed by atoms with Gasteiger partial charge >= 0.3 is 5.97 Å². The Morgan fingerprint density at radius 2 is 1.62 bits per heavy atom. The fourth-order valence-corrected chi connectivity index (χ4v) is 2.78. The molecular weight excluding hydrogens is 340 g/mol. The van der Waals surface area contributed by atoms with E-state index in [0.29, 0.717) is 6.42 Å². The average molecular weight is 356 g/mol. The number of rotatable bonds is 5. The molecule has 4 amide bonds. The van der Waals surface area contributed by atoms with Crippen LogP contribution < -0.4 is 14.5 Å². The van der Waals surface area contributed by atoms with E-state index >= 15 is 0 Å². The van der Waals surface area contributed by atoms with Crippen LogP contribution in [-0.4, -0.2) is 29.6 Å². The molecular formula is C18H16N2O6. The van der Waals surface area contributed by atoms with Gasteiger partial charge in [0.25, 0.3) is 11.8 Å². The zero-order chi connectivity index (χ0) is 18.8. The molecule has 0 unspecified atom stereocenters. The fourth-order valence-electron chi connectivity index (χ4n) is 2.78. The second kappa shape index (κ2) is 6.91. The van der Waals surface area contributed by atoms with E-state index in [-0.39, 0.29) is 36.4 Å². The number of imide groups is 2. The Morgan fingerprint density at radius 3 is 2.19 bits per heavy atom. The van der Waals surface area contributed by atoms with E-state index in [1.807, 2.05) is 6.92 Å². The van der Waals surface area contributed by atoms with Crippen molar-refractivity contribution in [2.75, 3.05) is 9.80 Å². The summed E-state index contributed by atoms with van der Waals surface area (Å²) in [4.78, 5) is 61.7. The monoisotopic (exact) mass is 356 g/mol. The van der Waals surface area contributed by atoms with Crippen LogP contribution in [0.15, 0.2) is 30.4 Å². The van der Waals surface area contributed by atoms with E-state index in [2.05, 4.69) is 0 Å². The summed E-state index contributed by atoms with van der Waals surface area (Å²) in [5, 5.41) is 0. The molecule has 3 rings (SSSR count). The largest absolute Gasteiger partial charge is 0.424 e. The van der Waals surface area contributed by atoms with Gasteiger partial charge in [0.1, 0.15) is 0 Å². The number of carbonyl (C=O) groups excluding carboxylic acids is 5. The van der Waals surface area contributed by atoms with E-state index in [1.165, 1.54) is 18.2 Å². The third-order valence-electron chi connectivity index (χ3n) is 3.98. The SMILES string of the molecule is CCCC(=O)Oc1ccc(N2C(=O)C=CC2=O)cc1N1C(=O)CCC1=O. The minimum absolute atomic E-state index is 0.0304. The van der Waals surface area contributed by atoms with Gasteiger partial charge in [0, 0.05) is 31.4 Å². The molecule has 2 aliphatic rings. The molecule has 1 aromatic rings. The lowest BCUT2D eigenvalue weighted by atomic mass is 10.2. The molecule has 134 valence electrons. The van der Waals surface area contributed by atoms with E-state index in [9.17, 15) is 24.0 Å². The summed E-state index contributed by atoms with van der Waals surface area (Å²) in [6, 6.07) is 4.13. The van der Waals surface area contributed by atoms with E-state index in [1.54, 1.807) is 0 Å². The second-order valence-electron chi connectivity index (χ2n) is 5.84. The Bertz CT molecular complexity index is 823. The average Bonchev–Trinajstić information content (AvgIpc) is 3.10. The van der Waals surface area contributed by atoms with Crippen LogP contribution in [0, 0.1) is 0 Å². The third kappa shape index (κ3) is 3.13. The molecule has 0 radical (unpaired) electrons. The highest BCUT2D eigenvalue weighted by Gasteiger charge is 2.34. The maximum absolute atomic E-state index is 12.1. The third-order valence-corrected chi connectivity index (χ3v) is 3.98. The number of nitrogens with zero attached hydrogens (tertiary/aromatic N) is 2. The summed E-state index contributed by atoms with van der Waals surface area (Å²) in [6.07, 6.45) is 3.11. The molecule has 0 saturated carbocycles. The molecule has 0 atom stereocenters. The van der Waals surface area contributed by atoms with Crippen LogP contribution in [0.4, 0.5) is 11.4 Å². The van der Waals surface area contributed by atoms with Crippen LogP contribution in [0.2, 0.25) is 0 Å². The maximum atomic E-state index is 12.1. The van der Waals surface area contributed by atoms with E-state index in [0.717, 1.165) is 22.0 Å². The molecule has 2 heterocycles. The Kier molecular flexibility index (Phi) is 4.66. The first-order chi connectivity index (χ1) is 12.4. The first-order valence-electron chi connectivity index (χ1n) is 8.19. The normalized spacial score (nSPS) is 16.8. The molecule has 0 aliphatic carbocycles. The minimum atomic E-state index is -0.532. The van der Waals surface area contributed by atoms with Crippen molar-refractivity contribution < 1.29 is 28.7 Å². The molecule has 2 aliphatic heterocycles. The summed E-state index contributed by atoms with van der Waals surface area (Å²) in [5.41, 5.74) is 0.231. The summed E-state index contributed by atoms with van der Waals surface area (Å²) in [7, 11) is 0. The minimum Gasteiger partial charge on any atom is -0.424 e. The number of benzene rings is 1. The van der Waals surface area contributed by atoms with Gasteiger partial charge in [0.05, 0.1) is 11.4 Å². The van der Waals surface area contributed by atoms with E-state index < -0.39 is 29.6 Å². The van der Waals surface area contributed by atoms with Crippen LogP contribution in [0.5, 0.6) is 5.75 Å². The molecule has 1 aromatic carbocycles. The van der Waals surface area contributed by atoms with Crippen LogP contribution in [-0.2, 0) is 24.0 Å². The van der Waals surface area contributed by atoms with Crippen LogP contribution in [0.25, 0.3) is 0 Å². The quantitative estimate of drug-likeness (QED) is 0.450. The molecule has 0 N–H and O–H groups in total. The first kappa shape index (κ1) is 17.5.